The molecular formula is C18H13N7O3S. The van der Waals surface area contributed by atoms with Crippen molar-refractivity contribution in [3.63, 3.8) is 0 Å². The van der Waals surface area contributed by atoms with E-state index in [-0.39, 0.29) is 17.3 Å². The second kappa shape index (κ2) is 8.02. The van der Waals surface area contributed by atoms with Crippen LogP contribution in [0.2, 0.25) is 0 Å². The number of anilines is 1. The molecule has 0 unspecified atom stereocenters. The predicted octanol–water partition coefficient (Wildman–Crippen LogP) is 2.83. The van der Waals surface area contributed by atoms with Crippen LogP contribution in [-0.4, -0.2) is 41.4 Å². The molecule has 29 heavy (non-hydrogen) atoms. The normalized spacial score (nSPS) is 10.8. The first-order valence-corrected chi connectivity index (χ1v) is 9.39. The fourth-order valence-electron chi connectivity index (χ4n) is 2.56. The van der Waals surface area contributed by atoms with Gasteiger partial charge < -0.3 is 5.32 Å². The number of thioether (sulfide) groups is 1. The highest BCUT2D eigenvalue weighted by molar-refractivity contribution is 7.99. The summed E-state index contributed by atoms with van der Waals surface area (Å²) in [6.45, 7) is 0. The van der Waals surface area contributed by atoms with Crippen molar-refractivity contribution in [3.8, 4) is 11.4 Å². The topological polar surface area (TPSA) is 128 Å². The molecule has 0 spiro atoms. The molecule has 0 bridgehead atoms. The lowest BCUT2D eigenvalue weighted by atomic mass is 10.2. The standard InChI is InChI=1S/C18H13N7O3S/c26-16(20-13-2-1-3-14(10-13)25(27)28)11-29-17-5-4-15-21-22-18(24(15)23-17)12-6-8-19-9-7-12/h1-10H,11H2,(H,20,26). The second-order valence-corrected chi connectivity index (χ2v) is 6.84. The van der Waals surface area contributed by atoms with Crippen LogP contribution in [0.1, 0.15) is 0 Å². The summed E-state index contributed by atoms with van der Waals surface area (Å²) < 4.78 is 1.61. The van der Waals surface area contributed by atoms with Crippen LogP contribution in [0.4, 0.5) is 11.4 Å². The van der Waals surface area contributed by atoms with E-state index in [9.17, 15) is 14.9 Å². The highest BCUT2D eigenvalue weighted by Gasteiger charge is 2.12. The summed E-state index contributed by atoms with van der Waals surface area (Å²) in [4.78, 5) is 26.5. The number of nitrogens with zero attached hydrogens (tertiary/aromatic N) is 6. The zero-order valence-corrected chi connectivity index (χ0v) is 15.6. The molecule has 0 radical (unpaired) electrons. The maximum Gasteiger partial charge on any atom is 0.271 e. The highest BCUT2D eigenvalue weighted by Crippen LogP contribution is 2.21. The molecule has 11 heteroatoms. The van der Waals surface area contributed by atoms with E-state index in [1.54, 1.807) is 35.1 Å². The van der Waals surface area contributed by atoms with Crippen LogP contribution in [0, 0.1) is 10.1 Å². The molecule has 3 aromatic heterocycles. The van der Waals surface area contributed by atoms with E-state index in [1.165, 1.54) is 30.0 Å². The Labute approximate surface area is 168 Å². The van der Waals surface area contributed by atoms with Crippen molar-refractivity contribution in [3.05, 3.63) is 71.0 Å². The van der Waals surface area contributed by atoms with Gasteiger partial charge in [0.15, 0.2) is 11.5 Å². The van der Waals surface area contributed by atoms with E-state index in [1.807, 2.05) is 12.1 Å². The third-order valence-electron chi connectivity index (χ3n) is 3.87. The van der Waals surface area contributed by atoms with Gasteiger partial charge in [0.25, 0.3) is 5.69 Å². The van der Waals surface area contributed by atoms with Crippen LogP contribution in [0.3, 0.4) is 0 Å². The number of benzene rings is 1. The molecular weight excluding hydrogens is 394 g/mol. The Morgan fingerprint density at radius 3 is 2.76 bits per heavy atom. The monoisotopic (exact) mass is 407 g/mol. The van der Waals surface area contributed by atoms with Gasteiger partial charge in [0.2, 0.25) is 5.91 Å². The number of aromatic nitrogens is 5. The Bertz CT molecular complexity index is 1200. The predicted molar refractivity (Wildman–Crippen MR) is 106 cm³/mol. The van der Waals surface area contributed by atoms with Crippen molar-refractivity contribution in [1.82, 2.24) is 24.8 Å². The molecule has 0 atom stereocenters. The zero-order chi connectivity index (χ0) is 20.2. The van der Waals surface area contributed by atoms with Gasteiger partial charge in [-0.25, -0.2) is 0 Å². The maximum atomic E-state index is 12.2. The maximum absolute atomic E-state index is 12.2. The molecule has 144 valence electrons. The van der Waals surface area contributed by atoms with Crippen molar-refractivity contribution < 1.29 is 9.72 Å². The molecule has 4 rings (SSSR count). The van der Waals surface area contributed by atoms with E-state index in [0.717, 1.165) is 5.56 Å². The molecule has 0 aliphatic carbocycles. The molecule has 3 heterocycles. The van der Waals surface area contributed by atoms with Crippen LogP contribution >= 0.6 is 11.8 Å². The number of nitro groups is 1. The van der Waals surface area contributed by atoms with Gasteiger partial charge >= 0.3 is 0 Å². The third-order valence-corrected chi connectivity index (χ3v) is 4.79. The average Bonchev–Trinajstić information content (AvgIpc) is 3.16. The van der Waals surface area contributed by atoms with E-state index < -0.39 is 4.92 Å². The molecule has 4 aromatic rings. The van der Waals surface area contributed by atoms with Crippen LogP contribution < -0.4 is 5.32 Å². The lowest BCUT2D eigenvalue weighted by Gasteiger charge is -2.05. The quantitative estimate of drug-likeness (QED) is 0.293. The Morgan fingerprint density at radius 1 is 1.14 bits per heavy atom. The largest absolute Gasteiger partial charge is 0.325 e. The number of rotatable bonds is 6. The van der Waals surface area contributed by atoms with Gasteiger partial charge in [0, 0.05) is 35.8 Å². The average molecular weight is 407 g/mol. The summed E-state index contributed by atoms with van der Waals surface area (Å²) >= 11 is 1.23. The van der Waals surface area contributed by atoms with Gasteiger partial charge in [0.05, 0.1) is 10.7 Å². The zero-order valence-electron chi connectivity index (χ0n) is 14.8. The molecule has 0 aliphatic rings. The summed E-state index contributed by atoms with van der Waals surface area (Å²) in [5.74, 6) is 0.370. The number of pyridine rings is 1. The number of fused-ring (bicyclic) bond motifs is 1. The molecule has 1 aromatic carbocycles. The SMILES string of the molecule is O=C(CSc1ccc2nnc(-c3ccncc3)n2n1)Nc1cccc([N+](=O)[O-])c1. The number of hydrogen-bond donors (Lipinski definition) is 1. The number of hydrogen-bond acceptors (Lipinski definition) is 8. The van der Waals surface area contributed by atoms with E-state index in [0.29, 0.717) is 22.2 Å². The first kappa shape index (κ1) is 18.5. The number of carbonyl (C=O) groups is 1. The molecule has 10 nitrogen and oxygen atoms in total. The highest BCUT2D eigenvalue weighted by atomic mass is 32.2. The second-order valence-electron chi connectivity index (χ2n) is 5.85. The van der Waals surface area contributed by atoms with Crippen LogP contribution in [-0.2, 0) is 4.79 Å². The van der Waals surface area contributed by atoms with Gasteiger partial charge in [-0.15, -0.1) is 10.2 Å². The Hall–Kier alpha value is -3.86. The molecule has 0 saturated carbocycles. The first-order valence-electron chi connectivity index (χ1n) is 8.40. The van der Waals surface area contributed by atoms with Crippen molar-refractivity contribution in [2.24, 2.45) is 0 Å². The number of amides is 1. The minimum Gasteiger partial charge on any atom is -0.325 e. The fraction of sp³-hybridized carbons (Fsp3) is 0.0556. The van der Waals surface area contributed by atoms with Crippen molar-refractivity contribution in [2.45, 2.75) is 5.03 Å². The van der Waals surface area contributed by atoms with Crippen molar-refractivity contribution in [2.75, 3.05) is 11.1 Å². The minimum absolute atomic E-state index is 0.0844. The fourth-order valence-corrected chi connectivity index (χ4v) is 3.22. The minimum atomic E-state index is -0.511. The van der Waals surface area contributed by atoms with E-state index >= 15 is 0 Å². The molecule has 0 fully saturated rings. The van der Waals surface area contributed by atoms with Crippen LogP contribution in [0.15, 0.2) is 66.0 Å². The number of carbonyl (C=O) groups excluding carboxylic acids is 1. The molecule has 1 amide bonds. The first-order chi connectivity index (χ1) is 14.1. The van der Waals surface area contributed by atoms with E-state index in [2.05, 4.69) is 25.6 Å². The third kappa shape index (κ3) is 4.19. The number of nitro benzene ring substituents is 1. The van der Waals surface area contributed by atoms with Gasteiger partial charge in [-0.05, 0) is 30.3 Å². The van der Waals surface area contributed by atoms with Crippen LogP contribution in [0.5, 0.6) is 0 Å². The lowest BCUT2D eigenvalue weighted by molar-refractivity contribution is -0.384. The van der Waals surface area contributed by atoms with Gasteiger partial charge in [-0.1, -0.05) is 17.8 Å². The molecule has 0 saturated heterocycles. The van der Waals surface area contributed by atoms with Crippen molar-refractivity contribution >= 4 is 34.7 Å². The smallest absolute Gasteiger partial charge is 0.271 e. The van der Waals surface area contributed by atoms with Crippen molar-refractivity contribution in [1.29, 1.82) is 0 Å². The number of non-ortho nitro benzene ring substituents is 1. The van der Waals surface area contributed by atoms with Gasteiger partial charge in [-0.3, -0.25) is 19.9 Å². The summed E-state index contributed by atoms with van der Waals surface area (Å²) in [6, 6.07) is 12.9. The number of nitrogens with one attached hydrogen (secondary N) is 1. The van der Waals surface area contributed by atoms with Crippen LogP contribution in [0.25, 0.3) is 17.0 Å². The molecule has 0 aliphatic heterocycles. The summed E-state index contributed by atoms with van der Waals surface area (Å²) in [5, 5.41) is 26.8. The Kier molecular flexibility index (Phi) is 5.12. The summed E-state index contributed by atoms with van der Waals surface area (Å²) in [5.41, 5.74) is 1.69. The van der Waals surface area contributed by atoms with E-state index in [4.69, 9.17) is 0 Å². The Morgan fingerprint density at radius 2 is 1.97 bits per heavy atom. The lowest BCUT2D eigenvalue weighted by Crippen LogP contribution is -2.14. The van der Waals surface area contributed by atoms with Gasteiger partial charge in [-0.2, -0.15) is 9.61 Å². The summed E-state index contributed by atoms with van der Waals surface area (Å²) in [7, 11) is 0. The summed E-state index contributed by atoms with van der Waals surface area (Å²) in [6.07, 6.45) is 3.32. The Balaban J connectivity index is 1.46. The molecule has 1 N–H and O–H groups in total. The van der Waals surface area contributed by atoms with Gasteiger partial charge in [0.1, 0.15) is 5.03 Å².